The van der Waals surface area contributed by atoms with Gasteiger partial charge >= 0.3 is 0 Å². The van der Waals surface area contributed by atoms with Crippen LogP contribution in [0.2, 0.25) is 5.02 Å². The van der Waals surface area contributed by atoms with Crippen molar-refractivity contribution in [2.24, 2.45) is 0 Å². The van der Waals surface area contributed by atoms with Gasteiger partial charge < -0.3 is 0 Å². The summed E-state index contributed by atoms with van der Waals surface area (Å²) in [5.41, 5.74) is 1.31. The van der Waals surface area contributed by atoms with Crippen molar-refractivity contribution >= 4 is 49.0 Å². The van der Waals surface area contributed by atoms with Crippen molar-refractivity contribution in [3.8, 4) is 0 Å². The third-order valence-corrected chi connectivity index (χ3v) is 3.86. The van der Waals surface area contributed by atoms with Crippen molar-refractivity contribution in [3.63, 3.8) is 0 Å². The molecule has 0 spiro atoms. The molecule has 0 saturated heterocycles. The zero-order valence-electron chi connectivity index (χ0n) is 10.9. The largest absolute Gasteiger partial charge is 0.289 e. The Labute approximate surface area is 136 Å². The number of ketones is 1. The van der Waals surface area contributed by atoms with Crippen LogP contribution < -0.4 is 4.72 Å². The van der Waals surface area contributed by atoms with Gasteiger partial charge in [-0.05, 0) is 42.5 Å². The molecule has 110 valence electrons. The van der Waals surface area contributed by atoms with Gasteiger partial charge in [0.25, 0.3) is 0 Å². The fourth-order valence-corrected chi connectivity index (χ4v) is 3.18. The van der Waals surface area contributed by atoms with E-state index in [9.17, 15) is 13.2 Å². The number of rotatable bonds is 4. The Morgan fingerprint density at radius 1 is 1.10 bits per heavy atom. The minimum Gasteiger partial charge on any atom is -0.289 e. The smallest absolute Gasteiger partial charge is 0.229 e. The van der Waals surface area contributed by atoms with Gasteiger partial charge in [-0.15, -0.1) is 0 Å². The van der Waals surface area contributed by atoms with Gasteiger partial charge in [-0.2, -0.15) is 0 Å². The van der Waals surface area contributed by atoms with Gasteiger partial charge in [0, 0.05) is 26.3 Å². The van der Waals surface area contributed by atoms with Crippen LogP contribution in [-0.4, -0.2) is 20.5 Å². The summed E-state index contributed by atoms with van der Waals surface area (Å²) in [6.07, 6.45) is 1.07. The van der Waals surface area contributed by atoms with Crippen molar-refractivity contribution in [3.05, 3.63) is 63.1 Å². The number of hydrogen-bond donors (Lipinski definition) is 1. The second-order valence-electron chi connectivity index (χ2n) is 4.44. The predicted octanol–water partition coefficient (Wildman–Crippen LogP) is 3.71. The minimum absolute atomic E-state index is 0.191. The molecule has 2 aromatic rings. The molecular formula is C14H11BrClNO3S. The lowest BCUT2D eigenvalue weighted by molar-refractivity contribution is 0.103. The Morgan fingerprint density at radius 2 is 1.71 bits per heavy atom. The van der Waals surface area contributed by atoms with E-state index < -0.39 is 10.0 Å². The molecule has 21 heavy (non-hydrogen) atoms. The summed E-state index contributed by atoms with van der Waals surface area (Å²) in [5, 5.41) is 0.461. The maximum Gasteiger partial charge on any atom is 0.229 e. The Morgan fingerprint density at radius 3 is 2.24 bits per heavy atom. The van der Waals surface area contributed by atoms with Gasteiger partial charge in [0.05, 0.1) is 6.26 Å². The molecular weight excluding hydrogens is 378 g/mol. The molecule has 0 aromatic heterocycles. The third kappa shape index (κ3) is 4.56. The van der Waals surface area contributed by atoms with Gasteiger partial charge in [0.1, 0.15) is 0 Å². The summed E-state index contributed by atoms with van der Waals surface area (Å²) in [7, 11) is -3.33. The van der Waals surface area contributed by atoms with Crippen LogP contribution in [0.5, 0.6) is 0 Å². The molecule has 0 fully saturated rings. The van der Waals surface area contributed by atoms with Crippen LogP contribution in [0.25, 0.3) is 0 Å². The number of hydrogen-bond acceptors (Lipinski definition) is 3. The van der Waals surface area contributed by atoms with Crippen LogP contribution in [0.4, 0.5) is 5.69 Å². The highest BCUT2D eigenvalue weighted by Crippen LogP contribution is 2.22. The molecule has 2 rings (SSSR count). The average molecular weight is 389 g/mol. The van der Waals surface area contributed by atoms with Gasteiger partial charge in [-0.25, -0.2) is 8.42 Å². The molecule has 1 N–H and O–H groups in total. The van der Waals surface area contributed by atoms with Gasteiger partial charge in [-0.1, -0.05) is 27.5 Å². The van der Waals surface area contributed by atoms with E-state index in [1.54, 1.807) is 30.3 Å². The van der Waals surface area contributed by atoms with Crippen LogP contribution in [0, 0.1) is 0 Å². The van der Waals surface area contributed by atoms with E-state index in [1.807, 2.05) is 0 Å². The highest BCUT2D eigenvalue weighted by molar-refractivity contribution is 9.10. The summed E-state index contributed by atoms with van der Waals surface area (Å²) >= 11 is 9.21. The lowest BCUT2D eigenvalue weighted by atomic mass is 10.0. The molecule has 0 saturated carbocycles. The molecule has 0 unspecified atom stereocenters. The fourth-order valence-electron chi connectivity index (χ4n) is 1.76. The quantitative estimate of drug-likeness (QED) is 0.812. The molecule has 0 amide bonds. The summed E-state index contributed by atoms with van der Waals surface area (Å²) < 4.78 is 25.3. The average Bonchev–Trinajstić information content (AvgIpc) is 2.35. The van der Waals surface area contributed by atoms with E-state index in [1.165, 1.54) is 12.1 Å². The molecule has 0 atom stereocenters. The molecule has 0 aliphatic rings. The number of nitrogens with one attached hydrogen (secondary N) is 1. The third-order valence-electron chi connectivity index (χ3n) is 2.58. The first-order valence-corrected chi connectivity index (χ1v) is 8.89. The van der Waals surface area contributed by atoms with Gasteiger partial charge in [0.15, 0.2) is 5.78 Å². The fraction of sp³-hybridized carbons (Fsp3) is 0.0714. The van der Waals surface area contributed by atoms with E-state index in [2.05, 4.69) is 20.7 Å². The Balaban J connectivity index is 2.28. The monoisotopic (exact) mass is 387 g/mol. The lowest BCUT2D eigenvalue weighted by Crippen LogP contribution is -2.09. The van der Waals surface area contributed by atoms with Crippen LogP contribution in [-0.2, 0) is 10.0 Å². The van der Waals surface area contributed by atoms with Crippen LogP contribution in [0.3, 0.4) is 0 Å². The molecule has 4 nitrogen and oxygen atoms in total. The van der Waals surface area contributed by atoms with E-state index in [0.717, 1.165) is 6.26 Å². The number of anilines is 1. The van der Waals surface area contributed by atoms with Crippen molar-refractivity contribution in [2.45, 2.75) is 0 Å². The summed E-state index contributed by atoms with van der Waals surface area (Å²) in [5.74, 6) is -0.191. The van der Waals surface area contributed by atoms with Crippen molar-refractivity contribution in [1.82, 2.24) is 0 Å². The minimum atomic E-state index is -3.33. The number of halogens is 2. The van der Waals surface area contributed by atoms with E-state index in [0.29, 0.717) is 26.3 Å². The molecule has 2 aromatic carbocycles. The normalized spacial score (nSPS) is 11.2. The highest BCUT2D eigenvalue weighted by atomic mass is 79.9. The first-order valence-electron chi connectivity index (χ1n) is 5.83. The molecule has 0 radical (unpaired) electrons. The highest BCUT2D eigenvalue weighted by Gasteiger charge is 2.11. The van der Waals surface area contributed by atoms with E-state index in [4.69, 9.17) is 11.6 Å². The zero-order chi connectivity index (χ0) is 15.6. The maximum atomic E-state index is 12.3. The van der Waals surface area contributed by atoms with Crippen LogP contribution in [0.15, 0.2) is 46.9 Å². The number of carbonyl (C=O) groups is 1. The summed E-state index contributed by atoms with van der Waals surface area (Å²) in [4.78, 5) is 12.3. The number of sulfonamides is 1. The number of benzene rings is 2. The molecule has 0 bridgehead atoms. The van der Waals surface area contributed by atoms with Crippen molar-refractivity contribution in [1.29, 1.82) is 0 Å². The molecule has 7 heteroatoms. The second-order valence-corrected chi connectivity index (χ2v) is 7.54. The zero-order valence-corrected chi connectivity index (χ0v) is 14.1. The maximum absolute atomic E-state index is 12.3. The van der Waals surface area contributed by atoms with Crippen molar-refractivity contribution in [2.75, 3.05) is 11.0 Å². The summed E-state index contributed by atoms with van der Waals surface area (Å²) in [6.45, 7) is 0. The van der Waals surface area contributed by atoms with Gasteiger partial charge in [-0.3, -0.25) is 9.52 Å². The van der Waals surface area contributed by atoms with E-state index >= 15 is 0 Å². The Bertz CT molecular complexity index is 768. The predicted molar refractivity (Wildman–Crippen MR) is 87.5 cm³/mol. The van der Waals surface area contributed by atoms with Crippen molar-refractivity contribution < 1.29 is 13.2 Å². The first-order chi connectivity index (χ1) is 9.74. The molecule has 0 aliphatic carbocycles. The summed E-state index contributed by atoms with van der Waals surface area (Å²) in [6, 6.07) is 11.1. The molecule has 0 heterocycles. The van der Waals surface area contributed by atoms with Gasteiger partial charge in [0.2, 0.25) is 10.0 Å². The Hall–Kier alpha value is -1.37. The second kappa shape index (κ2) is 6.17. The standard InChI is InChI=1S/C14H11BrClNO3S/c1-21(19,20)17-13-4-2-9(3-5-13)14(18)10-6-11(15)8-12(16)7-10/h2-8,17H,1H3. The van der Waals surface area contributed by atoms with Crippen LogP contribution >= 0.6 is 27.5 Å². The SMILES string of the molecule is CS(=O)(=O)Nc1ccc(C(=O)c2cc(Cl)cc(Br)c2)cc1. The van der Waals surface area contributed by atoms with E-state index in [-0.39, 0.29) is 5.78 Å². The first kappa shape index (κ1) is 16.0. The molecule has 0 aliphatic heterocycles. The van der Waals surface area contributed by atoms with Crippen LogP contribution in [0.1, 0.15) is 15.9 Å². The lowest BCUT2D eigenvalue weighted by Gasteiger charge is -2.06. The topological polar surface area (TPSA) is 63.2 Å². The number of carbonyl (C=O) groups excluding carboxylic acids is 1. The Kier molecular flexibility index (Phi) is 4.70.